The van der Waals surface area contributed by atoms with Crippen molar-refractivity contribution in [1.82, 2.24) is 9.55 Å². The number of hydrogen-bond donors (Lipinski definition) is 0. The highest BCUT2D eigenvalue weighted by molar-refractivity contribution is 5.57. The van der Waals surface area contributed by atoms with Gasteiger partial charge in [0.2, 0.25) is 0 Å². The predicted octanol–water partition coefficient (Wildman–Crippen LogP) is 4.13. The van der Waals surface area contributed by atoms with E-state index in [-0.39, 0.29) is 0 Å². The second kappa shape index (κ2) is 6.24. The molecule has 0 saturated carbocycles. The molecule has 0 bridgehead atoms. The van der Waals surface area contributed by atoms with Crippen LogP contribution in [0.25, 0.3) is 11.3 Å². The SMILES string of the molecule is CCCCCCn1cnc(-c2ccccc2)c1. The van der Waals surface area contributed by atoms with Crippen LogP contribution < -0.4 is 0 Å². The van der Waals surface area contributed by atoms with Crippen LogP contribution >= 0.6 is 0 Å². The van der Waals surface area contributed by atoms with Gasteiger partial charge in [0.1, 0.15) is 0 Å². The molecule has 2 nitrogen and oxygen atoms in total. The Morgan fingerprint density at radius 2 is 1.88 bits per heavy atom. The van der Waals surface area contributed by atoms with E-state index in [2.05, 4.69) is 46.9 Å². The summed E-state index contributed by atoms with van der Waals surface area (Å²) in [4.78, 5) is 4.45. The molecule has 0 spiro atoms. The van der Waals surface area contributed by atoms with Gasteiger partial charge in [0, 0.05) is 18.3 Å². The van der Waals surface area contributed by atoms with Gasteiger partial charge in [-0.1, -0.05) is 56.5 Å². The molecule has 0 atom stereocenters. The lowest BCUT2D eigenvalue weighted by Crippen LogP contribution is -1.93. The summed E-state index contributed by atoms with van der Waals surface area (Å²) in [6, 6.07) is 10.3. The zero-order valence-corrected chi connectivity index (χ0v) is 10.5. The second-order valence-corrected chi connectivity index (χ2v) is 4.42. The van der Waals surface area contributed by atoms with Crippen molar-refractivity contribution in [2.75, 3.05) is 0 Å². The van der Waals surface area contributed by atoms with E-state index in [1.54, 1.807) is 0 Å². The number of imidazole rings is 1. The van der Waals surface area contributed by atoms with Crippen LogP contribution in [0, 0.1) is 0 Å². The lowest BCUT2D eigenvalue weighted by molar-refractivity contribution is 0.582. The van der Waals surface area contributed by atoms with E-state index in [0.717, 1.165) is 12.2 Å². The minimum Gasteiger partial charge on any atom is -0.337 e. The summed E-state index contributed by atoms with van der Waals surface area (Å²) >= 11 is 0. The van der Waals surface area contributed by atoms with Crippen LogP contribution in [0.4, 0.5) is 0 Å². The highest BCUT2D eigenvalue weighted by atomic mass is 15.0. The van der Waals surface area contributed by atoms with Crippen LogP contribution in [0.5, 0.6) is 0 Å². The summed E-state index contributed by atoms with van der Waals surface area (Å²) in [5.41, 5.74) is 2.26. The van der Waals surface area contributed by atoms with E-state index in [4.69, 9.17) is 0 Å². The van der Waals surface area contributed by atoms with Crippen LogP contribution in [0.3, 0.4) is 0 Å². The van der Waals surface area contributed by atoms with Gasteiger partial charge in [0.15, 0.2) is 0 Å². The highest BCUT2D eigenvalue weighted by Crippen LogP contribution is 2.16. The summed E-state index contributed by atoms with van der Waals surface area (Å²) < 4.78 is 2.19. The topological polar surface area (TPSA) is 17.8 Å². The average molecular weight is 228 g/mol. The molecule has 2 rings (SSSR count). The van der Waals surface area contributed by atoms with E-state index in [1.807, 2.05) is 12.4 Å². The highest BCUT2D eigenvalue weighted by Gasteiger charge is 2.00. The molecular weight excluding hydrogens is 208 g/mol. The van der Waals surface area contributed by atoms with E-state index in [1.165, 1.54) is 31.2 Å². The second-order valence-electron chi connectivity index (χ2n) is 4.42. The molecule has 1 aromatic carbocycles. The van der Waals surface area contributed by atoms with Gasteiger partial charge in [-0.15, -0.1) is 0 Å². The maximum absolute atomic E-state index is 4.45. The van der Waals surface area contributed by atoms with E-state index < -0.39 is 0 Å². The molecule has 0 aliphatic heterocycles. The normalized spacial score (nSPS) is 10.6. The molecule has 0 fully saturated rings. The zero-order chi connectivity index (χ0) is 11.9. The van der Waals surface area contributed by atoms with Crippen LogP contribution in [0.1, 0.15) is 32.6 Å². The Morgan fingerprint density at radius 1 is 1.06 bits per heavy atom. The number of aromatic nitrogens is 2. The van der Waals surface area contributed by atoms with E-state index in [0.29, 0.717) is 0 Å². The number of benzene rings is 1. The minimum atomic E-state index is 1.07. The molecule has 0 amide bonds. The quantitative estimate of drug-likeness (QED) is 0.680. The molecule has 1 aromatic heterocycles. The van der Waals surface area contributed by atoms with Crippen molar-refractivity contribution < 1.29 is 0 Å². The van der Waals surface area contributed by atoms with Crippen molar-refractivity contribution >= 4 is 0 Å². The van der Waals surface area contributed by atoms with Gasteiger partial charge in [-0.2, -0.15) is 0 Å². The van der Waals surface area contributed by atoms with Crippen LogP contribution in [0.2, 0.25) is 0 Å². The Labute approximate surface area is 103 Å². The third-order valence-corrected chi connectivity index (χ3v) is 2.97. The number of nitrogens with zero attached hydrogens (tertiary/aromatic N) is 2. The average Bonchev–Trinajstić information content (AvgIpc) is 2.85. The van der Waals surface area contributed by atoms with Gasteiger partial charge >= 0.3 is 0 Å². The van der Waals surface area contributed by atoms with Gasteiger partial charge in [0.05, 0.1) is 12.0 Å². The summed E-state index contributed by atoms with van der Waals surface area (Å²) in [6.07, 6.45) is 9.27. The van der Waals surface area contributed by atoms with E-state index >= 15 is 0 Å². The van der Waals surface area contributed by atoms with Crippen molar-refractivity contribution in [3.05, 3.63) is 42.9 Å². The smallest absolute Gasteiger partial charge is 0.0953 e. The third-order valence-electron chi connectivity index (χ3n) is 2.97. The third kappa shape index (κ3) is 3.45. The van der Waals surface area contributed by atoms with Crippen LogP contribution in [-0.2, 0) is 6.54 Å². The van der Waals surface area contributed by atoms with Crippen LogP contribution in [0.15, 0.2) is 42.9 Å². The molecule has 0 saturated heterocycles. The molecule has 0 N–H and O–H groups in total. The summed E-state index contributed by atoms with van der Waals surface area (Å²) in [7, 11) is 0. The Morgan fingerprint density at radius 3 is 2.65 bits per heavy atom. The Kier molecular flexibility index (Phi) is 4.37. The van der Waals surface area contributed by atoms with Crippen molar-refractivity contribution in [2.45, 2.75) is 39.2 Å². The maximum atomic E-state index is 4.45. The molecule has 0 unspecified atom stereocenters. The maximum Gasteiger partial charge on any atom is 0.0953 e. The molecule has 0 radical (unpaired) electrons. The lowest BCUT2D eigenvalue weighted by atomic mass is 10.2. The molecule has 2 heteroatoms. The van der Waals surface area contributed by atoms with Crippen molar-refractivity contribution in [1.29, 1.82) is 0 Å². The molecule has 90 valence electrons. The van der Waals surface area contributed by atoms with Crippen molar-refractivity contribution in [3.8, 4) is 11.3 Å². The molecule has 2 aromatic rings. The first kappa shape index (κ1) is 11.9. The summed E-state index contributed by atoms with van der Waals surface area (Å²) in [6.45, 7) is 3.32. The zero-order valence-electron chi connectivity index (χ0n) is 10.5. The van der Waals surface area contributed by atoms with Gasteiger partial charge in [-0.3, -0.25) is 0 Å². The number of unbranched alkanes of at least 4 members (excludes halogenated alkanes) is 3. The molecule has 0 aliphatic rings. The first-order chi connectivity index (χ1) is 8.40. The fourth-order valence-electron chi connectivity index (χ4n) is 1.96. The van der Waals surface area contributed by atoms with Crippen molar-refractivity contribution in [3.63, 3.8) is 0 Å². The monoisotopic (exact) mass is 228 g/mol. The Balaban J connectivity index is 1.92. The van der Waals surface area contributed by atoms with Crippen molar-refractivity contribution in [2.24, 2.45) is 0 Å². The van der Waals surface area contributed by atoms with E-state index in [9.17, 15) is 0 Å². The fraction of sp³-hybridized carbons (Fsp3) is 0.400. The summed E-state index contributed by atoms with van der Waals surface area (Å²) in [5.74, 6) is 0. The minimum absolute atomic E-state index is 1.07. The molecule has 0 aliphatic carbocycles. The van der Waals surface area contributed by atoms with Crippen LogP contribution in [-0.4, -0.2) is 9.55 Å². The Hall–Kier alpha value is -1.57. The molecular formula is C15H20N2. The summed E-state index contributed by atoms with van der Waals surface area (Å²) in [5, 5.41) is 0. The largest absolute Gasteiger partial charge is 0.337 e. The number of rotatable bonds is 6. The molecule has 17 heavy (non-hydrogen) atoms. The molecule has 1 heterocycles. The fourth-order valence-corrected chi connectivity index (χ4v) is 1.96. The standard InChI is InChI=1S/C15H20N2/c1-2-3-4-8-11-17-12-15(16-13-17)14-9-6-5-7-10-14/h5-7,9-10,12-13H,2-4,8,11H2,1H3. The first-order valence-corrected chi connectivity index (χ1v) is 6.47. The van der Waals surface area contributed by atoms with Gasteiger partial charge < -0.3 is 4.57 Å². The van der Waals surface area contributed by atoms with Gasteiger partial charge in [-0.05, 0) is 6.42 Å². The number of hydrogen-bond acceptors (Lipinski definition) is 1. The van der Waals surface area contributed by atoms with Gasteiger partial charge in [-0.25, -0.2) is 4.98 Å². The van der Waals surface area contributed by atoms with Gasteiger partial charge in [0.25, 0.3) is 0 Å². The lowest BCUT2D eigenvalue weighted by Gasteiger charge is -2.00. The number of aryl methyl sites for hydroxylation is 1. The first-order valence-electron chi connectivity index (χ1n) is 6.47. The predicted molar refractivity (Wildman–Crippen MR) is 71.8 cm³/mol. The Bertz CT molecular complexity index is 431.